The minimum absolute atomic E-state index is 0.446. The van der Waals surface area contributed by atoms with Crippen LogP contribution >= 0.6 is 0 Å². The molecule has 0 N–H and O–H groups in total. The van der Waals surface area contributed by atoms with Gasteiger partial charge >= 0.3 is 0 Å². The molecule has 0 aromatic heterocycles. The van der Waals surface area contributed by atoms with Gasteiger partial charge < -0.3 is 4.90 Å². The Bertz CT molecular complexity index is 630. The van der Waals surface area contributed by atoms with Gasteiger partial charge in [-0.15, -0.1) is 0 Å². The number of piperidine rings is 1. The molecule has 1 aliphatic rings. The summed E-state index contributed by atoms with van der Waals surface area (Å²) in [6.45, 7) is 7.59. The van der Waals surface area contributed by atoms with Gasteiger partial charge in [0.05, 0.1) is 4.90 Å². The van der Waals surface area contributed by atoms with Gasteiger partial charge in [-0.05, 0) is 69.5 Å². The SMILES string of the molecule is Cc1ccc(S(=O)(=O)N2CCC(N(C)C)CC2)cc1CC(C)C. The zero-order valence-corrected chi connectivity index (χ0v) is 15.9. The van der Waals surface area contributed by atoms with E-state index in [0.29, 0.717) is 29.9 Å². The fourth-order valence-corrected chi connectivity index (χ4v) is 4.74. The molecule has 1 aliphatic heterocycles. The summed E-state index contributed by atoms with van der Waals surface area (Å²) in [6, 6.07) is 6.06. The summed E-state index contributed by atoms with van der Waals surface area (Å²) in [7, 11) is 0.754. The quantitative estimate of drug-likeness (QED) is 0.829. The number of rotatable bonds is 5. The van der Waals surface area contributed by atoms with Crippen LogP contribution in [0.3, 0.4) is 0 Å². The van der Waals surface area contributed by atoms with E-state index in [0.717, 1.165) is 24.8 Å². The van der Waals surface area contributed by atoms with E-state index in [1.54, 1.807) is 10.4 Å². The van der Waals surface area contributed by atoms with Crippen molar-refractivity contribution in [3.63, 3.8) is 0 Å². The summed E-state index contributed by atoms with van der Waals surface area (Å²) in [4.78, 5) is 2.64. The molecule has 0 bridgehead atoms. The summed E-state index contributed by atoms with van der Waals surface area (Å²) in [5.74, 6) is 0.516. The normalized spacial score (nSPS) is 18.0. The lowest BCUT2D eigenvalue weighted by Gasteiger charge is -2.34. The molecule has 0 radical (unpaired) electrons. The third-order valence-electron chi connectivity index (χ3n) is 4.74. The second kappa shape index (κ2) is 7.32. The Morgan fingerprint density at radius 2 is 1.83 bits per heavy atom. The van der Waals surface area contributed by atoms with E-state index < -0.39 is 10.0 Å². The van der Waals surface area contributed by atoms with Crippen molar-refractivity contribution in [1.82, 2.24) is 9.21 Å². The lowest BCUT2D eigenvalue weighted by atomic mass is 9.99. The summed E-state index contributed by atoms with van der Waals surface area (Å²) < 4.78 is 27.5. The minimum Gasteiger partial charge on any atom is -0.306 e. The van der Waals surface area contributed by atoms with Crippen LogP contribution in [-0.2, 0) is 16.4 Å². The van der Waals surface area contributed by atoms with E-state index in [1.807, 2.05) is 12.1 Å². The van der Waals surface area contributed by atoms with Crippen molar-refractivity contribution in [1.29, 1.82) is 0 Å². The number of aryl methyl sites for hydroxylation is 1. The summed E-state index contributed by atoms with van der Waals surface area (Å²) >= 11 is 0. The first-order valence-electron chi connectivity index (χ1n) is 8.48. The van der Waals surface area contributed by atoms with Crippen LogP contribution < -0.4 is 0 Å². The topological polar surface area (TPSA) is 40.6 Å². The first-order valence-corrected chi connectivity index (χ1v) is 9.92. The molecule has 1 saturated heterocycles. The zero-order valence-electron chi connectivity index (χ0n) is 15.0. The molecule has 4 nitrogen and oxygen atoms in total. The number of sulfonamides is 1. The van der Waals surface area contributed by atoms with Crippen LogP contribution in [0.4, 0.5) is 0 Å². The molecule has 130 valence electrons. The molecule has 0 saturated carbocycles. The second-order valence-electron chi connectivity index (χ2n) is 7.29. The lowest BCUT2D eigenvalue weighted by Crippen LogP contribution is -2.44. The van der Waals surface area contributed by atoms with E-state index in [4.69, 9.17) is 0 Å². The Morgan fingerprint density at radius 3 is 2.35 bits per heavy atom. The molecule has 1 heterocycles. The van der Waals surface area contributed by atoms with Gasteiger partial charge in [-0.25, -0.2) is 8.42 Å². The smallest absolute Gasteiger partial charge is 0.243 e. The fourth-order valence-electron chi connectivity index (χ4n) is 3.22. The van der Waals surface area contributed by atoms with Crippen LogP contribution in [0, 0.1) is 12.8 Å². The molecule has 23 heavy (non-hydrogen) atoms. The summed E-state index contributed by atoms with van der Waals surface area (Å²) in [5, 5.41) is 0. The van der Waals surface area contributed by atoms with Crippen LogP contribution in [0.5, 0.6) is 0 Å². The van der Waals surface area contributed by atoms with Crippen molar-refractivity contribution >= 4 is 10.0 Å². The molecule has 0 spiro atoms. The van der Waals surface area contributed by atoms with Crippen molar-refractivity contribution in [3.8, 4) is 0 Å². The van der Waals surface area contributed by atoms with Crippen molar-refractivity contribution in [2.24, 2.45) is 5.92 Å². The molecular formula is C18H30N2O2S. The Kier molecular flexibility index (Phi) is 5.87. The molecule has 1 fully saturated rings. The average Bonchev–Trinajstić information content (AvgIpc) is 2.49. The Balaban J connectivity index is 2.20. The minimum atomic E-state index is -3.37. The van der Waals surface area contributed by atoms with Crippen molar-refractivity contribution in [3.05, 3.63) is 29.3 Å². The van der Waals surface area contributed by atoms with E-state index in [-0.39, 0.29) is 0 Å². The molecule has 0 atom stereocenters. The Labute approximate surface area is 141 Å². The molecular weight excluding hydrogens is 308 g/mol. The molecule has 5 heteroatoms. The van der Waals surface area contributed by atoms with Crippen molar-refractivity contribution in [2.75, 3.05) is 27.2 Å². The predicted octanol–water partition coefficient (Wildman–Crippen LogP) is 2.91. The summed E-state index contributed by atoms with van der Waals surface area (Å²) in [6.07, 6.45) is 2.71. The van der Waals surface area contributed by atoms with Crippen LogP contribution in [0.25, 0.3) is 0 Å². The third-order valence-corrected chi connectivity index (χ3v) is 6.63. The van der Waals surface area contributed by atoms with Crippen molar-refractivity contribution < 1.29 is 8.42 Å². The van der Waals surface area contributed by atoms with Crippen molar-refractivity contribution in [2.45, 2.75) is 51.0 Å². The molecule has 0 unspecified atom stereocenters. The molecule has 1 aromatic carbocycles. The highest BCUT2D eigenvalue weighted by Crippen LogP contribution is 2.25. The number of hydrogen-bond donors (Lipinski definition) is 0. The van der Waals surface area contributed by atoms with Crippen LogP contribution in [-0.4, -0.2) is 50.8 Å². The maximum atomic E-state index is 12.9. The van der Waals surface area contributed by atoms with Crippen LogP contribution in [0.1, 0.15) is 37.8 Å². The Hall–Kier alpha value is -0.910. The van der Waals surface area contributed by atoms with E-state index in [9.17, 15) is 8.42 Å². The molecule has 0 aliphatic carbocycles. The van der Waals surface area contributed by atoms with Gasteiger partial charge in [-0.1, -0.05) is 19.9 Å². The Morgan fingerprint density at radius 1 is 1.22 bits per heavy atom. The van der Waals surface area contributed by atoms with Gasteiger partial charge in [0.25, 0.3) is 0 Å². The van der Waals surface area contributed by atoms with Gasteiger partial charge in [0.2, 0.25) is 10.0 Å². The molecule has 1 aromatic rings. The fraction of sp³-hybridized carbons (Fsp3) is 0.667. The van der Waals surface area contributed by atoms with Gasteiger partial charge in [0, 0.05) is 19.1 Å². The predicted molar refractivity (Wildman–Crippen MR) is 95.2 cm³/mol. The number of nitrogens with zero attached hydrogens (tertiary/aromatic N) is 2. The number of hydrogen-bond acceptors (Lipinski definition) is 3. The van der Waals surface area contributed by atoms with E-state index in [1.165, 1.54) is 5.56 Å². The highest BCUT2D eigenvalue weighted by molar-refractivity contribution is 7.89. The average molecular weight is 339 g/mol. The first kappa shape index (κ1) is 18.4. The van der Waals surface area contributed by atoms with Crippen LogP contribution in [0.2, 0.25) is 0 Å². The summed E-state index contributed by atoms with van der Waals surface area (Å²) in [5.41, 5.74) is 2.31. The van der Waals surface area contributed by atoms with Gasteiger partial charge in [-0.2, -0.15) is 4.31 Å². The van der Waals surface area contributed by atoms with Crippen LogP contribution in [0.15, 0.2) is 23.1 Å². The lowest BCUT2D eigenvalue weighted by molar-refractivity contribution is 0.196. The maximum absolute atomic E-state index is 12.9. The highest BCUT2D eigenvalue weighted by Gasteiger charge is 2.30. The zero-order chi connectivity index (χ0) is 17.2. The first-order chi connectivity index (χ1) is 10.7. The monoisotopic (exact) mass is 338 g/mol. The molecule has 2 rings (SSSR count). The largest absolute Gasteiger partial charge is 0.306 e. The maximum Gasteiger partial charge on any atom is 0.243 e. The highest BCUT2D eigenvalue weighted by atomic mass is 32.2. The van der Waals surface area contributed by atoms with Gasteiger partial charge in [0.15, 0.2) is 0 Å². The van der Waals surface area contributed by atoms with E-state index >= 15 is 0 Å². The standard InChI is InChI=1S/C18H30N2O2S/c1-14(2)12-16-13-18(7-6-15(16)3)23(21,22)20-10-8-17(9-11-20)19(4)5/h6-7,13-14,17H,8-12H2,1-5H3. The van der Waals surface area contributed by atoms with E-state index in [2.05, 4.69) is 39.8 Å². The van der Waals surface area contributed by atoms with Gasteiger partial charge in [-0.3, -0.25) is 0 Å². The molecule has 0 amide bonds. The second-order valence-corrected chi connectivity index (χ2v) is 9.22. The van der Waals surface area contributed by atoms with Gasteiger partial charge in [0.1, 0.15) is 0 Å². The third kappa shape index (κ3) is 4.34. The number of benzene rings is 1.